The Balaban J connectivity index is 1.94. The summed E-state index contributed by atoms with van der Waals surface area (Å²) in [5.41, 5.74) is 2.45. The third-order valence-electron chi connectivity index (χ3n) is 3.17. The molecular formula is C14H20N2O2. The maximum atomic E-state index is 9.36. The Bertz CT molecular complexity index is 495. The standard InChI is InChI=1S/C14H20N2O2/c1-16(9-12(18)10-17)7-6-11-8-15-14-5-3-2-4-13(11)14/h2-5,8,12,15,17-18H,6-7,9-10H2,1H3. The van der Waals surface area contributed by atoms with Crippen LogP contribution < -0.4 is 0 Å². The van der Waals surface area contributed by atoms with Crippen LogP contribution in [0.1, 0.15) is 5.56 Å². The van der Waals surface area contributed by atoms with Crippen LogP contribution in [-0.2, 0) is 6.42 Å². The van der Waals surface area contributed by atoms with Crippen LogP contribution in [0.15, 0.2) is 30.5 Å². The zero-order valence-corrected chi connectivity index (χ0v) is 10.6. The van der Waals surface area contributed by atoms with Crippen LogP contribution in [-0.4, -0.2) is 52.9 Å². The molecule has 0 aliphatic heterocycles. The number of benzene rings is 1. The van der Waals surface area contributed by atoms with Gasteiger partial charge in [0.05, 0.1) is 12.7 Å². The van der Waals surface area contributed by atoms with E-state index in [2.05, 4.69) is 17.1 Å². The zero-order chi connectivity index (χ0) is 13.0. The van der Waals surface area contributed by atoms with Crippen LogP contribution in [0.25, 0.3) is 10.9 Å². The van der Waals surface area contributed by atoms with Gasteiger partial charge in [0.2, 0.25) is 0 Å². The van der Waals surface area contributed by atoms with Crippen LogP contribution in [0.3, 0.4) is 0 Å². The number of likely N-dealkylation sites (N-methyl/N-ethyl adjacent to an activating group) is 1. The van der Waals surface area contributed by atoms with Crippen molar-refractivity contribution in [3.63, 3.8) is 0 Å². The summed E-state index contributed by atoms with van der Waals surface area (Å²) in [6, 6.07) is 8.24. The lowest BCUT2D eigenvalue weighted by molar-refractivity contribution is 0.0669. The maximum Gasteiger partial charge on any atom is 0.0897 e. The van der Waals surface area contributed by atoms with Crippen LogP contribution in [0, 0.1) is 0 Å². The molecule has 1 atom stereocenters. The maximum absolute atomic E-state index is 9.36. The SMILES string of the molecule is CN(CCc1c[nH]c2ccccc12)CC(O)CO. The average Bonchev–Trinajstić information content (AvgIpc) is 2.79. The third kappa shape index (κ3) is 3.10. The van der Waals surface area contributed by atoms with Gasteiger partial charge in [-0.25, -0.2) is 0 Å². The van der Waals surface area contributed by atoms with Gasteiger partial charge in [-0.2, -0.15) is 0 Å². The van der Waals surface area contributed by atoms with Gasteiger partial charge in [0.25, 0.3) is 0 Å². The fraction of sp³-hybridized carbons (Fsp3) is 0.429. The van der Waals surface area contributed by atoms with Crippen molar-refractivity contribution in [2.75, 3.05) is 26.7 Å². The van der Waals surface area contributed by atoms with Crippen molar-refractivity contribution in [2.24, 2.45) is 0 Å². The molecule has 1 heterocycles. The van der Waals surface area contributed by atoms with Crippen LogP contribution in [0.2, 0.25) is 0 Å². The summed E-state index contributed by atoms with van der Waals surface area (Å²) in [6.45, 7) is 1.18. The summed E-state index contributed by atoms with van der Waals surface area (Å²) in [6.07, 6.45) is 2.32. The predicted molar refractivity (Wildman–Crippen MR) is 72.6 cm³/mol. The first kappa shape index (κ1) is 13.1. The topological polar surface area (TPSA) is 59.5 Å². The Morgan fingerprint density at radius 3 is 2.89 bits per heavy atom. The minimum atomic E-state index is -0.655. The Labute approximate surface area is 107 Å². The number of nitrogens with zero attached hydrogens (tertiary/aromatic N) is 1. The van der Waals surface area contributed by atoms with Crippen LogP contribution in [0.5, 0.6) is 0 Å². The first-order chi connectivity index (χ1) is 8.70. The molecule has 1 aromatic carbocycles. The van der Waals surface area contributed by atoms with E-state index in [4.69, 9.17) is 5.11 Å². The van der Waals surface area contributed by atoms with Gasteiger partial charge in [0.1, 0.15) is 0 Å². The molecule has 0 fully saturated rings. The highest BCUT2D eigenvalue weighted by Crippen LogP contribution is 2.18. The van der Waals surface area contributed by atoms with Gasteiger partial charge >= 0.3 is 0 Å². The number of para-hydroxylation sites is 1. The molecule has 4 nitrogen and oxygen atoms in total. The largest absolute Gasteiger partial charge is 0.394 e. The summed E-state index contributed by atoms with van der Waals surface area (Å²) in [5.74, 6) is 0. The number of aliphatic hydroxyl groups excluding tert-OH is 2. The van der Waals surface area contributed by atoms with E-state index in [1.165, 1.54) is 10.9 Å². The normalized spacial score (nSPS) is 13.3. The van der Waals surface area contributed by atoms with Crippen LogP contribution >= 0.6 is 0 Å². The molecule has 98 valence electrons. The lowest BCUT2D eigenvalue weighted by Gasteiger charge is -2.18. The molecular weight excluding hydrogens is 228 g/mol. The molecule has 1 unspecified atom stereocenters. The molecule has 18 heavy (non-hydrogen) atoms. The second kappa shape index (κ2) is 6.00. The van der Waals surface area contributed by atoms with E-state index in [1.807, 2.05) is 30.3 Å². The molecule has 2 aromatic rings. The number of nitrogens with one attached hydrogen (secondary N) is 1. The predicted octanol–water partition coefficient (Wildman–Crippen LogP) is 0.995. The molecule has 3 N–H and O–H groups in total. The van der Waals surface area contributed by atoms with Gasteiger partial charge in [0, 0.05) is 30.2 Å². The van der Waals surface area contributed by atoms with Crippen molar-refractivity contribution >= 4 is 10.9 Å². The molecule has 2 rings (SSSR count). The summed E-state index contributed by atoms with van der Waals surface area (Å²) in [7, 11) is 1.95. The van der Waals surface area contributed by atoms with Crippen molar-refractivity contribution < 1.29 is 10.2 Å². The molecule has 0 aliphatic rings. The van der Waals surface area contributed by atoms with Gasteiger partial charge in [-0.1, -0.05) is 18.2 Å². The number of aromatic amines is 1. The van der Waals surface area contributed by atoms with Gasteiger partial charge in [-0.05, 0) is 25.1 Å². The third-order valence-corrected chi connectivity index (χ3v) is 3.17. The number of aliphatic hydroxyl groups is 2. The first-order valence-corrected chi connectivity index (χ1v) is 6.23. The summed E-state index contributed by atoms with van der Waals surface area (Å²) < 4.78 is 0. The molecule has 0 spiro atoms. The van der Waals surface area contributed by atoms with E-state index in [9.17, 15) is 5.11 Å². The van der Waals surface area contributed by atoms with E-state index >= 15 is 0 Å². The summed E-state index contributed by atoms with van der Waals surface area (Å²) in [4.78, 5) is 5.29. The number of H-pyrrole nitrogens is 1. The summed E-state index contributed by atoms with van der Waals surface area (Å²) >= 11 is 0. The van der Waals surface area contributed by atoms with Crippen LogP contribution in [0.4, 0.5) is 0 Å². The average molecular weight is 248 g/mol. The zero-order valence-electron chi connectivity index (χ0n) is 10.6. The molecule has 0 aliphatic carbocycles. The van der Waals surface area contributed by atoms with E-state index in [0.717, 1.165) is 18.5 Å². The Morgan fingerprint density at radius 1 is 1.33 bits per heavy atom. The number of hydrogen-bond acceptors (Lipinski definition) is 3. The van der Waals surface area contributed by atoms with Gasteiger partial charge in [-0.3, -0.25) is 0 Å². The fourth-order valence-electron chi connectivity index (χ4n) is 2.16. The van der Waals surface area contributed by atoms with Crippen molar-refractivity contribution in [1.82, 2.24) is 9.88 Å². The van der Waals surface area contributed by atoms with Gasteiger partial charge in [-0.15, -0.1) is 0 Å². The molecule has 0 saturated carbocycles. The number of fused-ring (bicyclic) bond motifs is 1. The second-order valence-corrected chi connectivity index (χ2v) is 4.71. The van der Waals surface area contributed by atoms with E-state index in [0.29, 0.717) is 6.54 Å². The molecule has 0 bridgehead atoms. The highest BCUT2D eigenvalue weighted by atomic mass is 16.3. The highest BCUT2D eigenvalue weighted by Gasteiger charge is 2.08. The first-order valence-electron chi connectivity index (χ1n) is 6.23. The van der Waals surface area contributed by atoms with Gasteiger partial charge < -0.3 is 20.1 Å². The quantitative estimate of drug-likeness (QED) is 0.714. The van der Waals surface area contributed by atoms with Gasteiger partial charge in [0.15, 0.2) is 0 Å². The minimum Gasteiger partial charge on any atom is -0.394 e. The highest BCUT2D eigenvalue weighted by molar-refractivity contribution is 5.83. The monoisotopic (exact) mass is 248 g/mol. The number of hydrogen-bond donors (Lipinski definition) is 3. The lowest BCUT2D eigenvalue weighted by Crippen LogP contribution is -2.32. The molecule has 4 heteroatoms. The lowest BCUT2D eigenvalue weighted by atomic mass is 10.1. The van der Waals surface area contributed by atoms with Crippen molar-refractivity contribution in [3.8, 4) is 0 Å². The Kier molecular flexibility index (Phi) is 4.36. The van der Waals surface area contributed by atoms with Crippen molar-refractivity contribution in [2.45, 2.75) is 12.5 Å². The Hall–Kier alpha value is -1.36. The molecule has 1 aromatic heterocycles. The van der Waals surface area contributed by atoms with E-state index < -0.39 is 6.10 Å². The fourth-order valence-corrected chi connectivity index (χ4v) is 2.16. The second-order valence-electron chi connectivity index (χ2n) is 4.71. The van der Waals surface area contributed by atoms with Crippen molar-refractivity contribution in [3.05, 3.63) is 36.0 Å². The Morgan fingerprint density at radius 2 is 2.11 bits per heavy atom. The number of rotatable bonds is 6. The smallest absolute Gasteiger partial charge is 0.0897 e. The molecule has 0 saturated heterocycles. The number of aromatic nitrogens is 1. The minimum absolute atomic E-state index is 0.183. The summed E-state index contributed by atoms with van der Waals surface area (Å²) in [5, 5.41) is 19.4. The van der Waals surface area contributed by atoms with Crippen molar-refractivity contribution in [1.29, 1.82) is 0 Å². The van der Waals surface area contributed by atoms with E-state index in [1.54, 1.807) is 0 Å². The van der Waals surface area contributed by atoms with E-state index in [-0.39, 0.29) is 6.61 Å². The molecule has 0 radical (unpaired) electrons. The molecule has 0 amide bonds.